The fraction of sp³-hybridized carbons (Fsp3) is 0.308. The summed E-state index contributed by atoms with van der Waals surface area (Å²) in [4.78, 5) is 6.86. The van der Waals surface area contributed by atoms with Gasteiger partial charge in [0.25, 0.3) is 0 Å². The lowest BCUT2D eigenvalue weighted by Gasteiger charge is -2.10. The summed E-state index contributed by atoms with van der Waals surface area (Å²) in [7, 11) is 0. The summed E-state index contributed by atoms with van der Waals surface area (Å²) in [5.74, 6) is 1.66. The van der Waals surface area contributed by atoms with Crippen molar-refractivity contribution < 1.29 is 0 Å². The second kappa shape index (κ2) is 3.53. The number of rotatable bonds is 2. The normalized spacial score (nSPS) is 27.8. The predicted molar refractivity (Wildman–Crippen MR) is 63.5 cm³/mol. The van der Waals surface area contributed by atoms with Gasteiger partial charge in [-0.25, -0.2) is 0 Å². The zero-order chi connectivity index (χ0) is 10.3. The summed E-state index contributed by atoms with van der Waals surface area (Å²) in [5, 5.41) is 0. The third-order valence-electron chi connectivity index (χ3n) is 3.14. The van der Waals surface area contributed by atoms with Crippen LogP contribution in [0, 0.1) is 11.8 Å². The van der Waals surface area contributed by atoms with Crippen LogP contribution in [-0.4, -0.2) is 4.98 Å². The molecule has 2 unspecified atom stereocenters. The van der Waals surface area contributed by atoms with E-state index in [0.717, 1.165) is 11.8 Å². The molecule has 15 heavy (non-hydrogen) atoms. The van der Waals surface area contributed by atoms with Crippen LogP contribution in [0.15, 0.2) is 52.1 Å². The Morgan fingerprint density at radius 2 is 2.00 bits per heavy atom. The largest absolute Gasteiger partial charge is 0.265 e. The maximum atomic E-state index is 4.04. The molecule has 2 aliphatic carbocycles. The SMILES string of the molecule is CC1=CC=C(Sc2ccncc2)C2CC12. The number of allylic oxidation sites excluding steroid dienone is 4. The van der Waals surface area contributed by atoms with Gasteiger partial charge in [-0.1, -0.05) is 29.5 Å². The van der Waals surface area contributed by atoms with Crippen molar-refractivity contribution in [2.45, 2.75) is 18.2 Å². The molecular formula is C13H13NS. The fourth-order valence-electron chi connectivity index (χ4n) is 2.13. The molecule has 0 saturated heterocycles. The number of pyridine rings is 1. The number of fused-ring (bicyclic) bond motifs is 1. The van der Waals surface area contributed by atoms with Crippen LogP contribution in [0.2, 0.25) is 0 Å². The average molecular weight is 215 g/mol. The van der Waals surface area contributed by atoms with E-state index < -0.39 is 0 Å². The number of hydrogen-bond acceptors (Lipinski definition) is 2. The highest BCUT2D eigenvalue weighted by Crippen LogP contribution is 2.55. The van der Waals surface area contributed by atoms with Gasteiger partial charge in [-0.3, -0.25) is 4.98 Å². The monoisotopic (exact) mass is 215 g/mol. The number of nitrogens with zero attached hydrogens (tertiary/aromatic N) is 1. The molecule has 1 aromatic heterocycles. The first-order chi connectivity index (χ1) is 7.34. The number of aromatic nitrogens is 1. The maximum absolute atomic E-state index is 4.04. The van der Waals surface area contributed by atoms with Crippen molar-refractivity contribution in [2.24, 2.45) is 11.8 Å². The van der Waals surface area contributed by atoms with Crippen LogP contribution in [0.1, 0.15) is 13.3 Å². The highest BCUT2D eigenvalue weighted by atomic mass is 32.2. The Kier molecular flexibility index (Phi) is 2.17. The van der Waals surface area contributed by atoms with E-state index in [-0.39, 0.29) is 0 Å². The van der Waals surface area contributed by atoms with E-state index >= 15 is 0 Å². The van der Waals surface area contributed by atoms with Crippen LogP contribution in [0.5, 0.6) is 0 Å². The average Bonchev–Trinajstić information content (AvgIpc) is 3.05. The van der Waals surface area contributed by atoms with Gasteiger partial charge < -0.3 is 0 Å². The van der Waals surface area contributed by atoms with Crippen LogP contribution in [0.4, 0.5) is 0 Å². The molecule has 2 aliphatic rings. The minimum atomic E-state index is 0.813. The van der Waals surface area contributed by atoms with Gasteiger partial charge in [-0.15, -0.1) is 0 Å². The lowest BCUT2D eigenvalue weighted by atomic mass is 10.1. The van der Waals surface area contributed by atoms with Crippen LogP contribution < -0.4 is 0 Å². The van der Waals surface area contributed by atoms with Crippen molar-refractivity contribution in [1.29, 1.82) is 0 Å². The van der Waals surface area contributed by atoms with Gasteiger partial charge in [0.2, 0.25) is 0 Å². The minimum Gasteiger partial charge on any atom is -0.265 e. The number of hydrogen-bond donors (Lipinski definition) is 0. The highest BCUT2D eigenvalue weighted by molar-refractivity contribution is 8.03. The fourth-order valence-corrected chi connectivity index (χ4v) is 3.20. The summed E-state index contributed by atoms with van der Waals surface area (Å²) in [5.41, 5.74) is 1.55. The van der Waals surface area contributed by atoms with Crippen molar-refractivity contribution in [1.82, 2.24) is 4.98 Å². The summed E-state index contributed by atoms with van der Waals surface area (Å²) in [6.07, 6.45) is 9.63. The van der Waals surface area contributed by atoms with E-state index in [1.165, 1.54) is 16.2 Å². The lowest BCUT2D eigenvalue weighted by Crippen LogP contribution is -1.92. The molecule has 0 aromatic carbocycles. The molecule has 0 radical (unpaired) electrons. The van der Waals surface area contributed by atoms with Gasteiger partial charge in [0, 0.05) is 17.3 Å². The van der Waals surface area contributed by atoms with Crippen molar-refractivity contribution in [3.63, 3.8) is 0 Å². The van der Waals surface area contributed by atoms with Gasteiger partial charge >= 0.3 is 0 Å². The third-order valence-corrected chi connectivity index (χ3v) is 4.32. The van der Waals surface area contributed by atoms with Gasteiger partial charge in [-0.2, -0.15) is 0 Å². The smallest absolute Gasteiger partial charge is 0.0279 e. The van der Waals surface area contributed by atoms with E-state index in [4.69, 9.17) is 0 Å². The molecule has 0 N–H and O–H groups in total. The Hall–Kier alpha value is -1.02. The zero-order valence-corrected chi connectivity index (χ0v) is 9.50. The Balaban J connectivity index is 1.80. The summed E-state index contributed by atoms with van der Waals surface area (Å²) >= 11 is 1.89. The molecule has 1 saturated carbocycles. The number of thioether (sulfide) groups is 1. The second-order valence-corrected chi connectivity index (χ2v) is 5.36. The van der Waals surface area contributed by atoms with Gasteiger partial charge in [0.15, 0.2) is 0 Å². The second-order valence-electron chi connectivity index (χ2n) is 4.21. The molecule has 1 nitrogen and oxygen atoms in total. The van der Waals surface area contributed by atoms with Crippen molar-refractivity contribution in [3.8, 4) is 0 Å². The maximum Gasteiger partial charge on any atom is 0.0279 e. The molecule has 1 aromatic rings. The Bertz CT molecular complexity index is 433. The molecule has 0 spiro atoms. The molecule has 76 valence electrons. The highest BCUT2D eigenvalue weighted by Gasteiger charge is 2.42. The Morgan fingerprint density at radius 3 is 2.80 bits per heavy atom. The van der Waals surface area contributed by atoms with E-state index in [0.29, 0.717) is 0 Å². The molecule has 0 bridgehead atoms. The molecule has 2 atom stereocenters. The minimum absolute atomic E-state index is 0.813. The van der Waals surface area contributed by atoms with E-state index in [1.54, 1.807) is 5.57 Å². The molecule has 3 rings (SSSR count). The quantitative estimate of drug-likeness (QED) is 0.746. The molecule has 0 aliphatic heterocycles. The first-order valence-corrected chi connectivity index (χ1v) is 6.12. The Morgan fingerprint density at radius 1 is 1.20 bits per heavy atom. The van der Waals surface area contributed by atoms with E-state index in [1.807, 2.05) is 24.2 Å². The summed E-state index contributed by atoms with van der Waals surface area (Å²) in [6, 6.07) is 4.15. The zero-order valence-electron chi connectivity index (χ0n) is 8.68. The summed E-state index contributed by atoms with van der Waals surface area (Å²) in [6.45, 7) is 2.25. The van der Waals surface area contributed by atoms with Crippen LogP contribution >= 0.6 is 11.8 Å². The van der Waals surface area contributed by atoms with Gasteiger partial charge in [0.1, 0.15) is 0 Å². The van der Waals surface area contributed by atoms with Crippen molar-refractivity contribution in [3.05, 3.63) is 47.2 Å². The molecule has 1 fully saturated rings. The molecule has 0 amide bonds. The van der Waals surface area contributed by atoms with Crippen LogP contribution in [0.25, 0.3) is 0 Å². The van der Waals surface area contributed by atoms with E-state index in [2.05, 4.69) is 36.2 Å². The predicted octanol–water partition coefficient (Wildman–Crippen LogP) is 3.65. The first-order valence-electron chi connectivity index (χ1n) is 5.31. The first kappa shape index (κ1) is 9.22. The standard InChI is InChI=1S/C13H13NS/c1-9-2-3-13(12-8-11(9)12)15-10-4-6-14-7-5-10/h2-7,11-12H,8H2,1H3. The van der Waals surface area contributed by atoms with Crippen LogP contribution in [0.3, 0.4) is 0 Å². The van der Waals surface area contributed by atoms with Gasteiger partial charge in [0.05, 0.1) is 0 Å². The third kappa shape index (κ3) is 1.74. The molecule has 2 heteroatoms. The Labute approximate surface area is 94.3 Å². The van der Waals surface area contributed by atoms with Crippen molar-refractivity contribution >= 4 is 11.8 Å². The molecule has 1 heterocycles. The van der Waals surface area contributed by atoms with Crippen molar-refractivity contribution in [2.75, 3.05) is 0 Å². The van der Waals surface area contributed by atoms with Crippen LogP contribution in [-0.2, 0) is 0 Å². The van der Waals surface area contributed by atoms with Gasteiger partial charge in [-0.05, 0) is 42.2 Å². The topological polar surface area (TPSA) is 12.9 Å². The summed E-state index contributed by atoms with van der Waals surface area (Å²) < 4.78 is 0. The molecular weight excluding hydrogens is 202 g/mol. The lowest BCUT2D eigenvalue weighted by molar-refractivity contribution is 0.899. The van der Waals surface area contributed by atoms with E-state index in [9.17, 15) is 0 Å².